The van der Waals surface area contributed by atoms with Gasteiger partial charge in [0.15, 0.2) is 0 Å². The number of carbonyl (C=O) groups excluding carboxylic acids is 2. The predicted molar refractivity (Wildman–Crippen MR) is 243 cm³/mol. The van der Waals surface area contributed by atoms with Crippen molar-refractivity contribution in [1.82, 2.24) is 5.32 Å². The van der Waals surface area contributed by atoms with Crippen molar-refractivity contribution in [3.8, 4) is 0 Å². The summed E-state index contributed by atoms with van der Waals surface area (Å²) in [6.07, 6.45) is 58.0. The number of nitrogens with one attached hydrogen (secondary N) is 1. The summed E-state index contributed by atoms with van der Waals surface area (Å²) in [5.41, 5.74) is 0. The molecule has 0 aromatic heterocycles. The third-order valence-corrected chi connectivity index (χ3v) is 11.8. The molecule has 1 amide bonds. The molecule has 0 aromatic carbocycles. The molecule has 0 radical (unpaired) electrons. The van der Waals surface area contributed by atoms with Crippen molar-refractivity contribution in [3.05, 3.63) is 12.2 Å². The number of hydrogen-bond acceptors (Lipinski definition) is 3. The van der Waals surface area contributed by atoms with Crippen molar-refractivity contribution in [2.24, 2.45) is 0 Å². The first-order valence-corrected chi connectivity index (χ1v) is 25.2. The number of carbonyl (C=O) groups is 2. The summed E-state index contributed by atoms with van der Waals surface area (Å²) in [6.45, 7) is 4.97. The van der Waals surface area contributed by atoms with Gasteiger partial charge in [-0.05, 0) is 51.4 Å². The molecule has 0 heterocycles. The summed E-state index contributed by atoms with van der Waals surface area (Å²) in [5, 5.41) is 13.2. The number of unbranched alkanes of at least 4 members (excludes halogenated alkanes) is 35. The number of aliphatic hydroxyl groups excluding tert-OH is 1. The Balaban J connectivity index is 3.32. The second-order valence-electron chi connectivity index (χ2n) is 17.5. The third kappa shape index (κ3) is 47.1. The molecule has 0 rings (SSSR count). The predicted octanol–water partition coefficient (Wildman–Crippen LogP) is 16.4. The van der Waals surface area contributed by atoms with E-state index in [2.05, 4.69) is 31.3 Å². The minimum absolute atomic E-state index is 0.0862. The molecule has 0 aliphatic rings. The van der Waals surface area contributed by atoms with E-state index in [9.17, 15) is 14.7 Å². The van der Waals surface area contributed by atoms with E-state index >= 15 is 0 Å². The molecule has 0 aliphatic heterocycles. The maximum atomic E-state index is 12.3. The number of amides is 1. The van der Waals surface area contributed by atoms with E-state index in [4.69, 9.17) is 0 Å². The second-order valence-corrected chi connectivity index (χ2v) is 17.5. The SMILES string of the molecule is CCCCCCCC/C=C\CCCCCCCCCCCC(=O)CCCCCCCCCCC(=O)NC[C@H](O)CCCCCCCCCCCCCCCC. The fraction of sp³-hybridized carbons (Fsp3) is 0.922. The molecule has 0 bridgehead atoms. The third-order valence-electron chi connectivity index (χ3n) is 11.8. The first-order chi connectivity index (χ1) is 27.1. The van der Waals surface area contributed by atoms with Crippen LogP contribution < -0.4 is 5.32 Å². The minimum Gasteiger partial charge on any atom is -0.391 e. The molecule has 0 saturated carbocycles. The van der Waals surface area contributed by atoms with Gasteiger partial charge in [0.05, 0.1) is 6.10 Å². The molecule has 0 fully saturated rings. The standard InChI is InChI=1S/C51H99NO3/c1-3-5-7-9-11-13-15-17-19-20-21-22-23-25-26-28-32-36-40-44-49(53)45-41-37-33-30-31-35-39-43-47-51(55)52-48-50(54)46-42-38-34-29-27-24-18-16-14-12-10-8-6-4-2/h17,19,50,54H,3-16,18,20-48H2,1-2H3,(H,52,55)/b19-17-/t50-/m1/s1. The Bertz CT molecular complexity index is 795. The van der Waals surface area contributed by atoms with E-state index in [1.165, 1.54) is 218 Å². The van der Waals surface area contributed by atoms with Gasteiger partial charge in [-0.25, -0.2) is 0 Å². The molecule has 4 nitrogen and oxygen atoms in total. The van der Waals surface area contributed by atoms with Crippen LogP contribution in [0.15, 0.2) is 12.2 Å². The van der Waals surface area contributed by atoms with E-state index < -0.39 is 6.10 Å². The van der Waals surface area contributed by atoms with Crippen LogP contribution in [0, 0.1) is 0 Å². The number of ketones is 1. The van der Waals surface area contributed by atoms with E-state index in [0.717, 1.165) is 51.4 Å². The highest BCUT2D eigenvalue weighted by Crippen LogP contribution is 2.16. The molecule has 0 aromatic rings. The van der Waals surface area contributed by atoms with Gasteiger partial charge in [-0.3, -0.25) is 9.59 Å². The molecule has 2 N–H and O–H groups in total. The van der Waals surface area contributed by atoms with E-state index in [1.807, 2.05) is 0 Å². The molecule has 326 valence electrons. The van der Waals surface area contributed by atoms with E-state index in [-0.39, 0.29) is 5.91 Å². The fourth-order valence-corrected chi connectivity index (χ4v) is 7.89. The lowest BCUT2D eigenvalue weighted by atomic mass is 10.0. The lowest BCUT2D eigenvalue weighted by Gasteiger charge is -2.12. The molecule has 4 heteroatoms. The highest BCUT2D eigenvalue weighted by atomic mass is 16.3. The van der Waals surface area contributed by atoms with Crippen molar-refractivity contribution in [1.29, 1.82) is 0 Å². The van der Waals surface area contributed by atoms with E-state index in [1.54, 1.807) is 0 Å². The summed E-state index contributed by atoms with van der Waals surface area (Å²) < 4.78 is 0. The monoisotopic (exact) mass is 774 g/mol. The topological polar surface area (TPSA) is 66.4 Å². The number of Topliss-reactive ketones (excluding diaryl/α,β-unsaturated/α-hetero) is 1. The Kier molecular flexibility index (Phi) is 46.2. The molecule has 55 heavy (non-hydrogen) atoms. The number of allylic oxidation sites excluding steroid dienone is 2. The zero-order valence-corrected chi connectivity index (χ0v) is 37.6. The Hall–Kier alpha value is -1.16. The number of rotatable bonds is 47. The van der Waals surface area contributed by atoms with Crippen molar-refractivity contribution in [2.45, 2.75) is 296 Å². The average molecular weight is 774 g/mol. The van der Waals surface area contributed by atoms with Crippen LogP contribution in [0.4, 0.5) is 0 Å². The lowest BCUT2D eigenvalue weighted by Crippen LogP contribution is -2.31. The number of aliphatic hydroxyl groups is 1. The van der Waals surface area contributed by atoms with Gasteiger partial charge in [0.1, 0.15) is 5.78 Å². The fourth-order valence-electron chi connectivity index (χ4n) is 7.89. The zero-order valence-electron chi connectivity index (χ0n) is 37.6. The minimum atomic E-state index is -0.409. The van der Waals surface area contributed by atoms with Crippen LogP contribution in [-0.2, 0) is 9.59 Å². The van der Waals surface area contributed by atoms with Gasteiger partial charge in [-0.1, -0.05) is 231 Å². The maximum absolute atomic E-state index is 12.3. The van der Waals surface area contributed by atoms with Crippen molar-refractivity contribution >= 4 is 11.7 Å². The molecule has 0 spiro atoms. The Morgan fingerprint density at radius 3 is 1.05 bits per heavy atom. The zero-order chi connectivity index (χ0) is 40.0. The van der Waals surface area contributed by atoms with E-state index in [0.29, 0.717) is 18.7 Å². The second kappa shape index (κ2) is 47.2. The first-order valence-electron chi connectivity index (χ1n) is 25.2. The summed E-state index contributed by atoms with van der Waals surface area (Å²) in [5.74, 6) is 0.560. The van der Waals surface area contributed by atoms with Crippen LogP contribution in [0.25, 0.3) is 0 Å². The smallest absolute Gasteiger partial charge is 0.220 e. The van der Waals surface area contributed by atoms with Gasteiger partial charge in [0.25, 0.3) is 0 Å². The van der Waals surface area contributed by atoms with Crippen LogP contribution in [0.5, 0.6) is 0 Å². The normalized spacial score (nSPS) is 12.2. The van der Waals surface area contributed by atoms with Crippen molar-refractivity contribution in [2.75, 3.05) is 6.54 Å². The Morgan fingerprint density at radius 2 is 0.691 bits per heavy atom. The van der Waals surface area contributed by atoms with Crippen LogP contribution in [0.2, 0.25) is 0 Å². The Labute approximate surface area is 345 Å². The lowest BCUT2D eigenvalue weighted by molar-refractivity contribution is -0.121. The largest absolute Gasteiger partial charge is 0.391 e. The maximum Gasteiger partial charge on any atom is 0.220 e. The average Bonchev–Trinajstić information content (AvgIpc) is 3.18. The van der Waals surface area contributed by atoms with Gasteiger partial charge in [0.2, 0.25) is 5.91 Å². The summed E-state index contributed by atoms with van der Waals surface area (Å²) in [7, 11) is 0. The van der Waals surface area contributed by atoms with Crippen LogP contribution in [0.1, 0.15) is 290 Å². The summed E-state index contributed by atoms with van der Waals surface area (Å²) in [4.78, 5) is 24.4. The molecule has 0 saturated heterocycles. The quantitative estimate of drug-likeness (QED) is 0.0478. The van der Waals surface area contributed by atoms with Gasteiger partial charge in [0, 0.05) is 25.8 Å². The van der Waals surface area contributed by atoms with Crippen LogP contribution in [-0.4, -0.2) is 29.4 Å². The van der Waals surface area contributed by atoms with Crippen LogP contribution in [0.3, 0.4) is 0 Å². The molecular weight excluding hydrogens is 675 g/mol. The number of hydrogen-bond donors (Lipinski definition) is 2. The Morgan fingerprint density at radius 1 is 0.400 bits per heavy atom. The highest BCUT2D eigenvalue weighted by Gasteiger charge is 2.07. The highest BCUT2D eigenvalue weighted by molar-refractivity contribution is 5.78. The molecule has 0 aliphatic carbocycles. The van der Waals surface area contributed by atoms with Gasteiger partial charge in [-0.15, -0.1) is 0 Å². The molecule has 1 atom stereocenters. The summed E-state index contributed by atoms with van der Waals surface area (Å²) in [6, 6.07) is 0. The molecule has 0 unspecified atom stereocenters. The van der Waals surface area contributed by atoms with Crippen molar-refractivity contribution in [3.63, 3.8) is 0 Å². The summed E-state index contributed by atoms with van der Waals surface area (Å²) >= 11 is 0. The van der Waals surface area contributed by atoms with Gasteiger partial charge < -0.3 is 10.4 Å². The molecular formula is C51H99NO3. The van der Waals surface area contributed by atoms with Gasteiger partial charge >= 0.3 is 0 Å². The van der Waals surface area contributed by atoms with Crippen LogP contribution >= 0.6 is 0 Å². The first kappa shape index (κ1) is 53.8. The van der Waals surface area contributed by atoms with Crippen molar-refractivity contribution < 1.29 is 14.7 Å². The van der Waals surface area contributed by atoms with Gasteiger partial charge in [-0.2, -0.15) is 0 Å².